The second-order valence-corrected chi connectivity index (χ2v) is 6.05. The molecule has 1 aromatic carbocycles. The van der Waals surface area contributed by atoms with Gasteiger partial charge in [-0.15, -0.1) is 0 Å². The third-order valence-corrected chi connectivity index (χ3v) is 4.10. The molecular formula is C15H15N5OS. The summed E-state index contributed by atoms with van der Waals surface area (Å²) in [5.41, 5.74) is 1.97. The molecule has 3 rings (SSSR count). The molecule has 3 aromatic rings. The smallest absolute Gasteiger partial charge is 0.178 e. The Morgan fingerprint density at radius 2 is 2.05 bits per heavy atom. The lowest BCUT2D eigenvalue weighted by Gasteiger charge is -2.10. The fourth-order valence-corrected chi connectivity index (χ4v) is 2.55. The van der Waals surface area contributed by atoms with Crippen LogP contribution in [-0.2, 0) is 17.3 Å². The minimum absolute atomic E-state index is 0.643. The molecule has 0 radical (unpaired) electrons. The maximum Gasteiger partial charge on any atom is 0.178 e. The highest BCUT2D eigenvalue weighted by molar-refractivity contribution is 7.84. The lowest BCUT2D eigenvalue weighted by molar-refractivity contribution is 0.687. The van der Waals surface area contributed by atoms with Crippen LogP contribution in [0.3, 0.4) is 0 Å². The first-order valence-corrected chi connectivity index (χ1v) is 8.26. The highest BCUT2D eigenvalue weighted by Crippen LogP contribution is 2.17. The Morgan fingerprint density at radius 1 is 1.23 bits per heavy atom. The van der Waals surface area contributed by atoms with E-state index in [2.05, 4.69) is 20.4 Å². The Bertz CT molecular complexity index is 771. The van der Waals surface area contributed by atoms with E-state index in [-0.39, 0.29) is 0 Å². The molecule has 0 unspecified atom stereocenters. The van der Waals surface area contributed by atoms with E-state index in [9.17, 15) is 4.21 Å². The zero-order chi connectivity index (χ0) is 15.4. The molecule has 22 heavy (non-hydrogen) atoms. The van der Waals surface area contributed by atoms with E-state index >= 15 is 0 Å². The Morgan fingerprint density at radius 3 is 2.73 bits per heavy atom. The van der Waals surface area contributed by atoms with Crippen LogP contribution in [0.1, 0.15) is 5.56 Å². The molecule has 7 heteroatoms. The predicted molar refractivity (Wildman–Crippen MR) is 85.3 cm³/mol. The van der Waals surface area contributed by atoms with Crippen LogP contribution < -0.4 is 5.32 Å². The molecule has 6 nitrogen and oxygen atoms in total. The molecule has 0 amide bonds. The summed E-state index contributed by atoms with van der Waals surface area (Å²) in [6.07, 6.45) is 6.47. The number of hydrogen-bond donors (Lipinski definition) is 1. The summed E-state index contributed by atoms with van der Waals surface area (Å²) in [7, 11) is -0.950. The Kier molecular flexibility index (Phi) is 4.24. The summed E-state index contributed by atoms with van der Waals surface area (Å²) >= 11 is 0. The van der Waals surface area contributed by atoms with Gasteiger partial charge in [-0.2, -0.15) is 5.10 Å². The molecule has 1 atom stereocenters. The van der Waals surface area contributed by atoms with E-state index in [0.717, 1.165) is 16.1 Å². The Labute approximate surface area is 130 Å². The van der Waals surface area contributed by atoms with Crippen molar-refractivity contribution in [2.45, 2.75) is 11.4 Å². The molecule has 2 aromatic heterocycles. The van der Waals surface area contributed by atoms with Crippen LogP contribution in [0, 0.1) is 0 Å². The van der Waals surface area contributed by atoms with Crippen LogP contribution in [0.4, 0.5) is 5.69 Å². The molecule has 0 saturated carbocycles. The van der Waals surface area contributed by atoms with E-state index in [4.69, 9.17) is 0 Å². The largest absolute Gasteiger partial charge is 0.378 e. The monoisotopic (exact) mass is 313 g/mol. The summed E-state index contributed by atoms with van der Waals surface area (Å²) in [6, 6.07) is 11.5. The van der Waals surface area contributed by atoms with Gasteiger partial charge < -0.3 is 5.32 Å². The fraction of sp³-hybridized carbons (Fsp3) is 0.133. The van der Waals surface area contributed by atoms with Crippen LogP contribution >= 0.6 is 0 Å². The van der Waals surface area contributed by atoms with E-state index in [1.165, 1.54) is 6.33 Å². The average molecular weight is 313 g/mol. The van der Waals surface area contributed by atoms with Crippen molar-refractivity contribution >= 4 is 16.5 Å². The first kappa shape index (κ1) is 14.4. The van der Waals surface area contributed by atoms with Gasteiger partial charge in [-0.3, -0.25) is 4.21 Å². The van der Waals surface area contributed by atoms with Gasteiger partial charge in [0, 0.05) is 34.7 Å². The summed E-state index contributed by atoms with van der Waals surface area (Å²) in [5.74, 6) is 0.700. The minimum Gasteiger partial charge on any atom is -0.378 e. The zero-order valence-corrected chi connectivity index (χ0v) is 12.8. The first-order chi connectivity index (χ1) is 10.7. The number of anilines is 1. The van der Waals surface area contributed by atoms with Gasteiger partial charge in [-0.25, -0.2) is 14.6 Å². The normalized spacial score (nSPS) is 12.0. The Balaban J connectivity index is 1.76. The number of rotatable bonds is 5. The average Bonchev–Trinajstić information content (AvgIpc) is 3.08. The second-order valence-electron chi connectivity index (χ2n) is 4.67. The van der Waals surface area contributed by atoms with E-state index in [1.54, 1.807) is 23.5 Å². The van der Waals surface area contributed by atoms with Crippen molar-refractivity contribution in [3.05, 3.63) is 60.8 Å². The summed E-state index contributed by atoms with van der Waals surface area (Å²) < 4.78 is 13.0. The van der Waals surface area contributed by atoms with Crippen molar-refractivity contribution in [2.75, 3.05) is 11.6 Å². The van der Waals surface area contributed by atoms with Gasteiger partial charge in [0.25, 0.3) is 0 Å². The molecule has 2 heterocycles. The number of hydrogen-bond acceptors (Lipinski definition) is 5. The van der Waals surface area contributed by atoms with Crippen LogP contribution in [-0.4, -0.2) is 30.2 Å². The third kappa shape index (κ3) is 3.20. The third-order valence-electron chi connectivity index (χ3n) is 3.16. The van der Waals surface area contributed by atoms with Crippen LogP contribution in [0.5, 0.6) is 0 Å². The molecule has 0 bridgehead atoms. The van der Waals surface area contributed by atoms with Crippen molar-refractivity contribution in [2.24, 2.45) is 0 Å². The minimum atomic E-state index is -0.950. The summed E-state index contributed by atoms with van der Waals surface area (Å²) in [4.78, 5) is 9.10. The summed E-state index contributed by atoms with van der Waals surface area (Å²) in [5, 5.41) is 7.44. The molecule has 0 saturated heterocycles. The number of nitrogens with zero attached hydrogens (tertiary/aromatic N) is 4. The highest BCUT2D eigenvalue weighted by atomic mass is 32.2. The molecule has 112 valence electrons. The molecule has 0 fully saturated rings. The standard InChI is InChI=1S/C15H15N5OS/c1-22(21)13-6-4-12(5-7-13)9-18-14-3-2-8-17-15(14)20-11-16-10-19-20/h2-8,10-11,18H,9H2,1H3/t22-/m1/s1. The lowest BCUT2D eigenvalue weighted by atomic mass is 10.2. The van der Waals surface area contributed by atoms with Gasteiger partial charge in [0.1, 0.15) is 12.7 Å². The van der Waals surface area contributed by atoms with E-state index < -0.39 is 10.8 Å². The predicted octanol–water partition coefficient (Wildman–Crippen LogP) is 2.01. The molecule has 0 aliphatic carbocycles. The van der Waals surface area contributed by atoms with E-state index in [0.29, 0.717) is 12.4 Å². The second kappa shape index (κ2) is 6.48. The number of nitrogens with one attached hydrogen (secondary N) is 1. The van der Waals surface area contributed by atoms with Gasteiger partial charge in [0.15, 0.2) is 5.82 Å². The van der Waals surface area contributed by atoms with Gasteiger partial charge in [0.2, 0.25) is 0 Å². The zero-order valence-electron chi connectivity index (χ0n) is 12.0. The van der Waals surface area contributed by atoms with Gasteiger partial charge in [-0.05, 0) is 29.8 Å². The molecule has 0 spiro atoms. The van der Waals surface area contributed by atoms with Gasteiger partial charge in [-0.1, -0.05) is 12.1 Å². The first-order valence-electron chi connectivity index (χ1n) is 6.70. The Hall–Kier alpha value is -2.54. The van der Waals surface area contributed by atoms with Crippen molar-refractivity contribution in [1.82, 2.24) is 19.7 Å². The van der Waals surface area contributed by atoms with Crippen LogP contribution in [0.15, 0.2) is 60.1 Å². The SMILES string of the molecule is C[S@@](=O)c1ccc(CNc2cccnc2-n2cncn2)cc1. The maximum absolute atomic E-state index is 11.4. The van der Waals surface area contributed by atoms with Crippen molar-refractivity contribution < 1.29 is 4.21 Å². The fourth-order valence-electron chi connectivity index (χ4n) is 2.03. The van der Waals surface area contributed by atoms with Gasteiger partial charge in [0.05, 0.1) is 5.69 Å². The maximum atomic E-state index is 11.4. The van der Waals surface area contributed by atoms with Gasteiger partial charge >= 0.3 is 0 Å². The van der Waals surface area contributed by atoms with Crippen molar-refractivity contribution in [1.29, 1.82) is 0 Å². The topological polar surface area (TPSA) is 72.7 Å². The molecule has 0 aliphatic rings. The van der Waals surface area contributed by atoms with Crippen LogP contribution in [0.25, 0.3) is 5.82 Å². The van der Waals surface area contributed by atoms with Crippen molar-refractivity contribution in [3.8, 4) is 5.82 Å². The number of pyridine rings is 1. The number of aromatic nitrogens is 4. The summed E-state index contributed by atoms with van der Waals surface area (Å²) in [6.45, 7) is 0.643. The number of benzene rings is 1. The molecule has 0 aliphatic heterocycles. The van der Waals surface area contributed by atoms with E-state index in [1.807, 2.05) is 36.4 Å². The molecular weight excluding hydrogens is 298 g/mol. The van der Waals surface area contributed by atoms with Crippen LogP contribution in [0.2, 0.25) is 0 Å². The molecule has 1 N–H and O–H groups in total. The highest BCUT2D eigenvalue weighted by Gasteiger charge is 2.06. The quantitative estimate of drug-likeness (QED) is 0.780. The van der Waals surface area contributed by atoms with Crippen molar-refractivity contribution in [3.63, 3.8) is 0 Å². The lowest BCUT2D eigenvalue weighted by Crippen LogP contribution is -2.06.